The molecule has 1 amide bonds. The van der Waals surface area contributed by atoms with Crippen LogP contribution in [0.15, 0.2) is 11.4 Å². The van der Waals surface area contributed by atoms with Crippen LogP contribution >= 0.6 is 11.3 Å². The largest absolute Gasteiger partial charge is 0.444 e. The molecular formula is C13H23N3O2S. The molecule has 0 radical (unpaired) electrons. The molecule has 0 fully saturated rings. The third kappa shape index (κ3) is 6.45. The molecule has 0 aromatic carbocycles. The molecule has 1 aromatic heterocycles. The second kappa shape index (κ2) is 6.77. The fraction of sp³-hybridized carbons (Fsp3) is 0.615. The van der Waals surface area contributed by atoms with Crippen molar-refractivity contribution in [3.63, 3.8) is 0 Å². The molecule has 0 spiro atoms. The van der Waals surface area contributed by atoms with E-state index in [-0.39, 0.29) is 6.04 Å². The van der Waals surface area contributed by atoms with Crippen molar-refractivity contribution in [2.45, 2.75) is 45.9 Å². The number of hydrogen-bond acceptors (Lipinski definition) is 5. The molecule has 1 atom stereocenters. The zero-order valence-electron chi connectivity index (χ0n) is 11.9. The molecule has 19 heavy (non-hydrogen) atoms. The van der Waals surface area contributed by atoms with Gasteiger partial charge in [-0.25, -0.2) is 4.79 Å². The summed E-state index contributed by atoms with van der Waals surface area (Å²) in [4.78, 5) is 12.6. The standard InChI is InChI=1S/C13H23N3O2S/c1-9(7-16-12(17)18-13(2,3)4)15-8-11-10(14)5-6-19-11/h5-6,9,15H,7-8,14H2,1-4H3,(H,16,17). The van der Waals surface area contributed by atoms with Crippen LogP contribution in [-0.2, 0) is 11.3 Å². The predicted molar refractivity (Wildman–Crippen MR) is 79.3 cm³/mol. The predicted octanol–water partition coefficient (Wildman–Crippen LogP) is 2.33. The van der Waals surface area contributed by atoms with Crippen LogP contribution in [0.25, 0.3) is 0 Å². The van der Waals surface area contributed by atoms with Gasteiger partial charge in [0.25, 0.3) is 0 Å². The molecule has 1 unspecified atom stereocenters. The number of nitrogens with one attached hydrogen (secondary N) is 2. The fourth-order valence-electron chi connectivity index (χ4n) is 1.38. The van der Waals surface area contributed by atoms with Gasteiger partial charge in [0.05, 0.1) is 0 Å². The number of ether oxygens (including phenoxy) is 1. The Morgan fingerprint density at radius 2 is 2.21 bits per heavy atom. The number of nitrogens with two attached hydrogens (primary N) is 1. The first-order valence-electron chi connectivity index (χ1n) is 6.30. The smallest absolute Gasteiger partial charge is 0.407 e. The minimum absolute atomic E-state index is 0.147. The van der Waals surface area contributed by atoms with Gasteiger partial charge >= 0.3 is 6.09 Å². The highest BCUT2D eigenvalue weighted by Crippen LogP contribution is 2.18. The van der Waals surface area contributed by atoms with Crippen LogP contribution in [0, 0.1) is 0 Å². The van der Waals surface area contributed by atoms with Crippen molar-refractivity contribution >= 4 is 23.1 Å². The summed E-state index contributed by atoms with van der Waals surface area (Å²) < 4.78 is 5.16. The summed E-state index contributed by atoms with van der Waals surface area (Å²) in [5.74, 6) is 0. The van der Waals surface area contributed by atoms with E-state index in [1.807, 2.05) is 39.1 Å². The van der Waals surface area contributed by atoms with Gasteiger partial charge in [0, 0.05) is 29.7 Å². The van der Waals surface area contributed by atoms with E-state index in [4.69, 9.17) is 10.5 Å². The Balaban J connectivity index is 2.23. The van der Waals surface area contributed by atoms with Crippen LogP contribution in [0.3, 0.4) is 0 Å². The molecule has 0 aliphatic carbocycles. The summed E-state index contributed by atoms with van der Waals surface area (Å²) in [6.45, 7) is 8.75. The highest BCUT2D eigenvalue weighted by molar-refractivity contribution is 7.10. The molecule has 4 N–H and O–H groups in total. The van der Waals surface area contributed by atoms with Gasteiger partial charge in [-0.3, -0.25) is 0 Å². The SMILES string of the molecule is CC(CNC(=O)OC(C)(C)C)NCc1sccc1N. The van der Waals surface area contributed by atoms with Crippen molar-refractivity contribution in [2.75, 3.05) is 12.3 Å². The lowest BCUT2D eigenvalue weighted by molar-refractivity contribution is 0.0523. The summed E-state index contributed by atoms with van der Waals surface area (Å²) in [7, 11) is 0. The molecule has 0 saturated carbocycles. The number of anilines is 1. The summed E-state index contributed by atoms with van der Waals surface area (Å²) in [6, 6.07) is 2.04. The lowest BCUT2D eigenvalue weighted by Crippen LogP contribution is -2.40. The number of hydrogen-bond donors (Lipinski definition) is 3. The quantitative estimate of drug-likeness (QED) is 0.776. The third-order valence-corrected chi connectivity index (χ3v) is 3.28. The zero-order chi connectivity index (χ0) is 14.5. The molecule has 5 nitrogen and oxygen atoms in total. The Bertz CT molecular complexity index is 412. The molecule has 1 aromatic rings. The van der Waals surface area contributed by atoms with E-state index in [0.29, 0.717) is 13.1 Å². The molecule has 0 aliphatic heterocycles. The Morgan fingerprint density at radius 3 is 2.74 bits per heavy atom. The Labute approximate surface area is 118 Å². The maximum atomic E-state index is 11.5. The zero-order valence-corrected chi connectivity index (χ0v) is 12.8. The highest BCUT2D eigenvalue weighted by Gasteiger charge is 2.16. The van der Waals surface area contributed by atoms with Crippen LogP contribution in [0.4, 0.5) is 10.5 Å². The van der Waals surface area contributed by atoms with Crippen molar-refractivity contribution in [3.8, 4) is 0 Å². The number of carbonyl (C=O) groups excluding carboxylic acids is 1. The summed E-state index contributed by atoms with van der Waals surface area (Å²) >= 11 is 1.62. The first kappa shape index (κ1) is 15.8. The summed E-state index contributed by atoms with van der Waals surface area (Å²) in [6.07, 6.45) is -0.392. The van der Waals surface area contributed by atoms with Gasteiger partial charge < -0.3 is 21.1 Å². The minimum Gasteiger partial charge on any atom is -0.444 e. The van der Waals surface area contributed by atoms with Crippen LogP contribution in [0.5, 0.6) is 0 Å². The van der Waals surface area contributed by atoms with Gasteiger partial charge in [-0.05, 0) is 39.1 Å². The van der Waals surface area contributed by atoms with Gasteiger partial charge in [0.15, 0.2) is 0 Å². The van der Waals surface area contributed by atoms with Gasteiger partial charge in [-0.15, -0.1) is 11.3 Å². The molecule has 0 saturated heterocycles. The van der Waals surface area contributed by atoms with E-state index >= 15 is 0 Å². The van der Waals surface area contributed by atoms with E-state index < -0.39 is 11.7 Å². The van der Waals surface area contributed by atoms with Gasteiger partial charge in [0.2, 0.25) is 0 Å². The van der Waals surface area contributed by atoms with Gasteiger partial charge in [-0.2, -0.15) is 0 Å². The van der Waals surface area contributed by atoms with E-state index in [1.165, 1.54) is 0 Å². The highest BCUT2D eigenvalue weighted by atomic mass is 32.1. The third-order valence-electron chi connectivity index (χ3n) is 2.34. The Kier molecular flexibility index (Phi) is 5.62. The topological polar surface area (TPSA) is 76.4 Å². The number of carbonyl (C=O) groups is 1. The van der Waals surface area contributed by atoms with Gasteiger partial charge in [-0.1, -0.05) is 0 Å². The van der Waals surface area contributed by atoms with E-state index in [2.05, 4.69) is 10.6 Å². The average Bonchev–Trinajstić information content (AvgIpc) is 2.67. The molecular weight excluding hydrogens is 262 g/mol. The van der Waals surface area contributed by atoms with Crippen LogP contribution < -0.4 is 16.4 Å². The van der Waals surface area contributed by atoms with Gasteiger partial charge in [0.1, 0.15) is 5.60 Å². The van der Waals surface area contributed by atoms with Crippen LogP contribution in [0.1, 0.15) is 32.6 Å². The number of thiophene rings is 1. The van der Waals surface area contributed by atoms with Crippen LogP contribution in [0.2, 0.25) is 0 Å². The number of alkyl carbamates (subject to hydrolysis) is 1. The number of nitrogen functional groups attached to an aromatic ring is 1. The lowest BCUT2D eigenvalue weighted by atomic mass is 10.2. The summed E-state index contributed by atoms with van der Waals surface area (Å²) in [5, 5.41) is 8.00. The molecule has 1 rings (SSSR count). The maximum Gasteiger partial charge on any atom is 0.407 e. The van der Waals surface area contributed by atoms with E-state index in [1.54, 1.807) is 11.3 Å². The molecule has 1 heterocycles. The molecule has 0 bridgehead atoms. The maximum absolute atomic E-state index is 11.5. The second-order valence-corrected chi connectivity index (χ2v) is 6.46. The van der Waals surface area contributed by atoms with E-state index in [9.17, 15) is 4.79 Å². The minimum atomic E-state index is -0.466. The van der Waals surface area contributed by atoms with Crippen molar-refractivity contribution < 1.29 is 9.53 Å². The molecule has 0 aliphatic rings. The van der Waals surface area contributed by atoms with Crippen molar-refractivity contribution in [2.24, 2.45) is 0 Å². The lowest BCUT2D eigenvalue weighted by Gasteiger charge is -2.21. The van der Waals surface area contributed by atoms with Crippen molar-refractivity contribution in [1.29, 1.82) is 0 Å². The number of amides is 1. The van der Waals surface area contributed by atoms with Crippen molar-refractivity contribution in [3.05, 3.63) is 16.3 Å². The van der Waals surface area contributed by atoms with Crippen LogP contribution in [-0.4, -0.2) is 24.3 Å². The Hall–Kier alpha value is -1.27. The average molecular weight is 285 g/mol. The van der Waals surface area contributed by atoms with E-state index in [0.717, 1.165) is 10.6 Å². The Morgan fingerprint density at radius 1 is 1.53 bits per heavy atom. The first-order valence-corrected chi connectivity index (χ1v) is 7.18. The molecule has 6 heteroatoms. The normalized spacial score (nSPS) is 13.1. The van der Waals surface area contributed by atoms with Crippen molar-refractivity contribution in [1.82, 2.24) is 10.6 Å². The second-order valence-electron chi connectivity index (χ2n) is 5.46. The fourth-order valence-corrected chi connectivity index (χ4v) is 2.13. The number of rotatable bonds is 5. The molecule has 108 valence electrons. The monoisotopic (exact) mass is 285 g/mol. The first-order chi connectivity index (χ1) is 8.78. The summed E-state index contributed by atoms with van der Waals surface area (Å²) in [5.41, 5.74) is 6.14.